The van der Waals surface area contributed by atoms with Crippen molar-refractivity contribution in [1.29, 1.82) is 0 Å². The van der Waals surface area contributed by atoms with Gasteiger partial charge in [0.15, 0.2) is 5.78 Å². The van der Waals surface area contributed by atoms with Gasteiger partial charge < -0.3 is 19.5 Å². The molecule has 3 heterocycles. The van der Waals surface area contributed by atoms with E-state index in [0.717, 1.165) is 42.5 Å². The maximum Gasteiger partial charge on any atom is 0.256 e. The molecule has 0 bridgehead atoms. The highest BCUT2D eigenvalue weighted by atomic mass is 16.5. The summed E-state index contributed by atoms with van der Waals surface area (Å²) in [5.41, 5.74) is 5.07. The number of nitrogens with one attached hydrogen (secondary N) is 1. The summed E-state index contributed by atoms with van der Waals surface area (Å²) in [5, 5.41) is 2.86. The quantitative estimate of drug-likeness (QED) is 0.451. The summed E-state index contributed by atoms with van der Waals surface area (Å²) >= 11 is 0. The Kier molecular flexibility index (Phi) is 7.13. The number of carbonyl (C=O) groups is 3. The van der Waals surface area contributed by atoms with Crippen LogP contribution in [0.15, 0.2) is 53.7 Å². The number of aromatic nitrogens is 1. The number of aliphatic imine (C=N–C) groups is 1. The van der Waals surface area contributed by atoms with Gasteiger partial charge in [0.25, 0.3) is 5.91 Å². The summed E-state index contributed by atoms with van der Waals surface area (Å²) in [5.74, 6) is 0.502. The molecule has 3 aromatic rings. The molecule has 2 aliphatic heterocycles. The number of piperidine rings is 1. The Balaban J connectivity index is 1.25. The maximum absolute atomic E-state index is 13.2. The lowest BCUT2D eigenvalue weighted by Gasteiger charge is -2.32. The van der Waals surface area contributed by atoms with Crippen molar-refractivity contribution in [2.24, 2.45) is 12.0 Å². The third-order valence-electron chi connectivity index (χ3n) is 7.12. The number of benzene rings is 2. The molecule has 1 fully saturated rings. The van der Waals surface area contributed by atoms with Crippen molar-refractivity contribution in [1.82, 2.24) is 9.47 Å². The van der Waals surface area contributed by atoms with Crippen LogP contribution in [0.2, 0.25) is 0 Å². The van der Waals surface area contributed by atoms with Crippen LogP contribution in [0.3, 0.4) is 0 Å². The average molecular weight is 513 g/mol. The largest absolute Gasteiger partial charge is 0.489 e. The van der Waals surface area contributed by atoms with Crippen LogP contribution in [0.25, 0.3) is 0 Å². The topological polar surface area (TPSA) is 93.0 Å². The summed E-state index contributed by atoms with van der Waals surface area (Å²) in [6.45, 7) is 4.53. The van der Waals surface area contributed by atoms with Gasteiger partial charge in [-0.3, -0.25) is 19.4 Å². The molecule has 2 aromatic carbocycles. The minimum atomic E-state index is -0.163. The zero-order valence-electron chi connectivity index (χ0n) is 22.0. The number of rotatable bonds is 7. The predicted octanol–water partition coefficient (Wildman–Crippen LogP) is 5.01. The SMILES string of the molecule is CC(=O)c1cc(NC(=O)Cc2cccc(COc3cc4c(cc3C)C(=O)N3CCCC[C@H]3C=N4)c2)cn1C. The van der Waals surface area contributed by atoms with E-state index in [4.69, 9.17) is 4.74 Å². The normalized spacial score (nSPS) is 16.4. The molecule has 5 rings (SSSR count). The average Bonchev–Trinajstić information content (AvgIpc) is 3.20. The summed E-state index contributed by atoms with van der Waals surface area (Å²) in [7, 11) is 1.77. The van der Waals surface area contributed by atoms with Gasteiger partial charge >= 0.3 is 0 Å². The number of aryl methyl sites for hydroxylation is 2. The van der Waals surface area contributed by atoms with E-state index in [-0.39, 0.29) is 30.1 Å². The van der Waals surface area contributed by atoms with Gasteiger partial charge in [-0.2, -0.15) is 0 Å². The van der Waals surface area contributed by atoms with Gasteiger partial charge in [0.2, 0.25) is 5.91 Å². The van der Waals surface area contributed by atoms with Crippen molar-refractivity contribution in [2.45, 2.75) is 52.2 Å². The Morgan fingerprint density at radius 1 is 1.13 bits per heavy atom. The van der Waals surface area contributed by atoms with Crippen LogP contribution in [0.1, 0.15) is 63.7 Å². The van der Waals surface area contributed by atoms with Crippen LogP contribution in [-0.4, -0.2) is 45.9 Å². The minimum Gasteiger partial charge on any atom is -0.489 e. The third-order valence-corrected chi connectivity index (χ3v) is 7.12. The standard InChI is InChI=1S/C30H32N4O4/c1-19-11-25-26(31-16-24-9-4-5-10-34(24)30(25)37)15-28(19)38-18-22-8-6-7-21(12-22)13-29(36)32-23-14-27(20(2)35)33(3)17-23/h6-8,11-12,14-17,24H,4-5,9-10,13,18H2,1-3H3,(H,32,36)/t24-/m0/s1. The van der Waals surface area contributed by atoms with E-state index < -0.39 is 0 Å². The Bertz CT molecular complexity index is 1440. The van der Waals surface area contributed by atoms with Crippen LogP contribution >= 0.6 is 0 Å². The van der Waals surface area contributed by atoms with Crippen molar-refractivity contribution < 1.29 is 19.1 Å². The van der Waals surface area contributed by atoms with E-state index in [0.29, 0.717) is 35.0 Å². The lowest BCUT2D eigenvalue weighted by atomic mass is 10.0. The van der Waals surface area contributed by atoms with Crippen molar-refractivity contribution in [3.63, 3.8) is 0 Å². The van der Waals surface area contributed by atoms with Crippen LogP contribution in [0.4, 0.5) is 11.4 Å². The first kappa shape index (κ1) is 25.4. The van der Waals surface area contributed by atoms with Crippen molar-refractivity contribution >= 4 is 35.2 Å². The molecular weight excluding hydrogens is 480 g/mol. The molecule has 0 unspecified atom stereocenters. The minimum absolute atomic E-state index is 0.0378. The van der Waals surface area contributed by atoms with Gasteiger partial charge in [-0.15, -0.1) is 0 Å². The monoisotopic (exact) mass is 512 g/mol. The fraction of sp³-hybridized carbons (Fsp3) is 0.333. The summed E-state index contributed by atoms with van der Waals surface area (Å²) in [4.78, 5) is 44.0. The van der Waals surface area contributed by atoms with Crippen molar-refractivity contribution in [3.05, 3.63) is 76.6 Å². The van der Waals surface area contributed by atoms with Crippen molar-refractivity contribution in [3.8, 4) is 5.75 Å². The van der Waals surface area contributed by atoms with E-state index in [1.165, 1.54) is 6.92 Å². The van der Waals surface area contributed by atoms with Gasteiger partial charge in [-0.05, 0) is 55.0 Å². The molecular formula is C30H32N4O4. The molecule has 2 amide bonds. The first-order valence-corrected chi connectivity index (χ1v) is 13.0. The Hall–Kier alpha value is -4.20. The second kappa shape index (κ2) is 10.7. The zero-order chi connectivity index (χ0) is 26.8. The number of Topliss-reactive ketones (excluding diaryl/α,β-unsaturated/α-hetero) is 1. The van der Waals surface area contributed by atoms with E-state index in [1.54, 1.807) is 23.9 Å². The van der Waals surface area contributed by atoms with Crippen LogP contribution < -0.4 is 10.1 Å². The molecule has 8 nitrogen and oxygen atoms in total. The predicted molar refractivity (Wildman–Crippen MR) is 147 cm³/mol. The molecule has 196 valence electrons. The first-order valence-electron chi connectivity index (χ1n) is 13.0. The maximum atomic E-state index is 13.2. The molecule has 0 radical (unpaired) electrons. The molecule has 0 saturated carbocycles. The Labute approximate surface area is 222 Å². The fourth-order valence-electron chi connectivity index (χ4n) is 5.16. The number of nitrogens with zero attached hydrogens (tertiary/aromatic N) is 3. The summed E-state index contributed by atoms with van der Waals surface area (Å²) < 4.78 is 7.84. The van der Waals surface area contributed by atoms with Crippen LogP contribution in [-0.2, 0) is 24.9 Å². The van der Waals surface area contributed by atoms with Gasteiger partial charge in [0.1, 0.15) is 12.4 Å². The molecule has 1 N–H and O–H groups in total. The van der Waals surface area contributed by atoms with Gasteiger partial charge in [0.05, 0.1) is 35.1 Å². The highest BCUT2D eigenvalue weighted by Crippen LogP contribution is 2.34. The summed E-state index contributed by atoms with van der Waals surface area (Å²) in [6.07, 6.45) is 6.91. The Morgan fingerprint density at radius 2 is 1.95 bits per heavy atom. The zero-order valence-corrected chi connectivity index (χ0v) is 22.0. The van der Waals surface area contributed by atoms with Gasteiger partial charge in [-0.25, -0.2) is 0 Å². The molecule has 1 saturated heterocycles. The lowest BCUT2D eigenvalue weighted by Crippen LogP contribution is -2.43. The third kappa shape index (κ3) is 5.39. The number of hydrogen-bond acceptors (Lipinski definition) is 5. The molecule has 2 aliphatic rings. The van der Waals surface area contributed by atoms with Crippen molar-refractivity contribution in [2.75, 3.05) is 11.9 Å². The van der Waals surface area contributed by atoms with Gasteiger partial charge in [-0.1, -0.05) is 24.3 Å². The number of anilines is 1. The highest BCUT2D eigenvalue weighted by molar-refractivity contribution is 6.03. The number of amides is 2. The van der Waals surface area contributed by atoms with E-state index in [2.05, 4.69) is 10.3 Å². The molecule has 1 atom stereocenters. The number of ether oxygens (including phenoxy) is 1. The van der Waals surface area contributed by atoms with E-state index in [1.807, 2.05) is 54.4 Å². The van der Waals surface area contributed by atoms with E-state index in [9.17, 15) is 14.4 Å². The van der Waals surface area contributed by atoms with E-state index >= 15 is 0 Å². The number of hydrogen-bond donors (Lipinski definition) is 1. The summed E-state index contributed by atoms with van der Waals surface area (Å²) in [6, 6.07) is 13.2. The fourth-order valence-corrected chi connectivity index (χ4v) is 5.16. The van der Waals surface area contributed by atoms with Crippen LogP contribution in [0, 0.1) is 6.92 Å². The first-order chi connectivity index (χ1) is 18.3. The number of fused-ring (bicyclic) bond motifs is 2. The smallest absolute Gasteiger partial charge is 0.256 e. The molecule has 0 aliphatic carbocycles. The second-order valence-electron chi connectivity index (χ2n) is 10.1. The number of carbonyl (C=O) groups excluding carboxylic acids is 3. The number of ketones is 1. The molecule has 1 aromatic heterocycles. The van der Waals surface area contributed by atoms with Gasteiger partial charge in [0, 0.05) is 39.0 Å². The van der Waals surface area contributed by atoms with Crippen LogP contribution in [0.5, 0.6) is 5.75 Å². The lowest BCUT2D eigenvalue weighted by molar-refractivity contribution is -0.115. The second-order valence-corrected chi connectivity index (χ2v) is 10.1. The Morgan fingerprint density at radius 3 is 2.74 bits per heavy atom. The molecule has 0 spiro atoms. The molecule has 8 heteroatoms. The highest BCUT2D eigenvalue weighted by Gasteiger charge is 2.30. The molecule has 38 heavy (non-hydrogen) atoms.